The van der Waals surface area contributed by atoms with Crippen LogP contribution >= 0.6 is 0 Å². The number of carboxylic acid groups (broad SMARTS) is 1. The van der Waals surface area contributed by atoms with Gasteiger partial charge in [0, 0.05) is 12.5 Å². The maximum atomic E-state index is 10.6. The standard InChI is InChI=1S/C8H10O3/c1-2-7(9)5-3-4-6-8(10)11/h3-6H,2H2,1H3,(H,10,11)/b5-3-,6-4+. The minimum atomic E-state index is -1.02. The summed E-state index contributed by atoms with van der Waals surface area (Å²) in [7, 11) is 0. The van der Waals surface area contributed by atoms with Crippen LogP contribution in [0.3, 0.4) is 0 Å². The number of carbonyl (C=O) groups excluding carboxylic acids is 1. The molecule has 0 aliphatic heterocycles. The molecule has 0 heterocycles. The molecule has 0 aliphatic carbocycles. The Kier molecular flexibility index (Phi) is 4.73. The highest BCUT2D eigenvalue weighted by atomic mass is 16.4. The van der Waals surface area contributed by atoms with Gasteiger partial charge in [-0.3, -0.25) is 4.79 Å². The van der Waals surface area contributed by atoms with Gasteiger partial charge in [0.25, 0.3) is 0 Å². The summed E-state index contributed by atoms with van der Waals surface area (Å²) in [5.74, 6) is -1.03. The lowest BCUT2D eigenvalue weighted by Crippen LogP contribution is -1.87. The van der Waals surface area contributed by atoms with Gasteiger partial charge in [0.15, 0.2) is 5.78 Å². The third kappa shape index (κ3) is 6.51. The van der Waals surface area contributed by atoms with Crippen LogP contribution in [0.15, 0.2) is 24.3 Å². The van der Waals surface area contributed by atoms with Crippen molar-refractivity contribution in [2.24, 2.45) is 0 Å². The smallest absolute Gasteiger partial charge is 0.328 e. The Labute approximate surface area is 65.0 Å². The van der Waals surface area contributed by atoms with Crippen molar-refractivity contribution in [1.29, 1.82) is 0 Å². The van der Waals surface area contributed by atoms with Gasteiger partial charge in [-0.2, -0.15) is 0 Å². The van der Waals surface area contributed by atoms with Crippen LogP contribution < -0.4 is 0 Å². The van der Waals surface area contributed by atoms with Crippen LogP contribution in [-0.4, -0.2) is 16.9 Å². The summed E-state index contributed by atoms with van der Waals surface area (Å²) < 4.78 is 0. The second-order valence-electron chi connectivity index (χ2n) is 1.88. The van der Waals surface area contributed by atoms with E-state index in [-0.39, 0.29) is 5.78 Å². The number of ketones is 1. The Morgan fingerprint density at radius 3 is 2.27 bits per heavy atom. The van der Waals surface area contributed by atoms with E-state index in [9.17, 15) is 9.59 Å². The molecule has 0 rings (SSSR count). The summed E-state index contributed by atoms with van der Waals surface area (Å²) in [4.78, 5) is 20.5. The molecule has 0 saturated heterocycles. The molecule has 0 radical (unpaired) electrons. The van der Waals surface area contributed by atoms with Crippen LogP contribution in [0.4, 0.5) is 0 Å². The second kappa shape index (κ2) is 5.41. The molecule has 0 aromatic carbocycles. The van der Waals surface area contributed by atoms with E-state index in [1.807, 2.05) is 0 Å². The van der Waals surface area contributed by atoms with E-state index in [1.54, 1.807) is 6.92 Å². The molecule has 3 heteroatoms. The molecule has 0 atom stereocenters. The van der Waals surface area contributed by atoms with Gasteiger partial charge in [-0.15, -0.1) is 0 Å². The van der Waals surface area contributed by atoms with E-state index < -0.39 is 5.97 Å². The molecule has 0 unspecified atom stereocenters. The van der Waals surface area contributed by atoms with Crippen LogP contribution in [0.2, 0.25) is 0 Å². The van der Waals surface area contributed by atoms with Gasteiger partial charge < -0.3 is 5.11 Å². The predicted octanol–water partition coefficient (Wildman–Crippen LogP) is 1.16. The fourth-order valence-corrected chi connectivity index (χ4v) is 0.419. The van der Waals surface area contributed by atoms with Crippen molar-refractivity contribution < 1.29 is 14.7 Å². The van der Waals surface area contributed by atoms with Crippen molar-refractivity contribution in [3.63, 3.8) is 0 Å². The molecule has 0 amide bonds. The van der Waals surface area contributed by atoms with Crippen molar-refractivity contribution in [3.8, 4) is 0 Å². The van der Waals surface area contributed by atoms with Gasteiger partial charge in [-0.25, -0.2) is 4.79 Å². The van der Waals surface area contributed by atoms with Gasteiger partial charge in [0.2, 0.25) is 0 Å². The highest BCUT2D eigenvalue weighted by Crippen LogP contribution is 1.84. The zero-order valence-electron chi connectivity index (χ0n) is 6.28. The Morgan fingerprint density at radius 1 is 1.27 bits per heavy atom. The first-order chi connectivity index (χ1) is 5.16. The molecule has 0 aromatic heterocycles. The topological polar surface area (TPSA) is 54.4 Å². The van der Waals surface area contributed by atoms with Crippen molar-refractivity contribution in [2.75, 3.05) is 0 Å². The molecule has 0 bridgehead atoms. The molecule has 0 saturated carbocycles. The maximum absolute atomic E-state index is 10.6. The average Bonchev–Trinajstić information content (AvgIpc) is 1.97. The first-order valence-corrected chi connectivity index (χ1v) is 3.27. The van der Waals surface area contributed by atoms with Crippen molar-refractivity contribution in [2.45, 2.75) is 13.3 Å². The van der Waals surface area contributed by atoms with E-state index >= 15 is 0 Å². The van der Waals surface area contributed by atoms with Gasteiger partial charge in [0.05, 0.1) is 0 Å². The summed E-state index contributed by atoms with van der Waals surface area (Å²) in [6.07, 6.45) is 5.49. The highest BCUT2D eigenvalue weighted by Gasteiger charge is 1.86. The van der Waals surface area contributed by atoms with Crippen LogP contribution in [0, 0.1) is 0 Å². The molecule has 3 nitrogen and oxygen atoms in total. The Hall–Kier alpha value is -1.38. The molecule has 11 heavy (non-hydrogen) atoms. The summed E-state index contributed by atoms with van der Waals surface area (Å²) in [5.41, 5.74) is 0. The van der Waals surface area contributed by atoms with E-state index in [1.165, 1.54) is 18.2 Å². The van der Waals surface area contributed by atoms with Crippen molar-refractivity contribution in [3.05, 3.63) is 24.3 Å². The lowest BCUT2D eigenvalue weighted by molar-refractivity contribution is -0.131. The van der Waals surface area contributed by atoms with Gasteiger partial charge in [-0.05, 0) is 6.08 Å². The number of rotatable bonds is 4. The lowest BCUT2D eigenvalue weighted by Gasteiger charge is -1.80. The van der Waals surface area contributed by atoms with Gasteiger partial charge >= 0.3 is 5.97 Å². The molecule has 60 valence electrons. The summed E-state index contributed by atoms with van der Waals surface area (Å²) in [6.45, 7) is 1.74. The Bertz CT molecular complexity index is 201. The third-order valence-corrected chi connectivity index (χ3v) is 0.980. The quantitative estimate of drug-likeness (QED) is 0.488. The van der Waals surface area contributed by atoms with E-state index in [4.69, 9.17) is 5.11 Å². The summed E-state index contributed by atoms with van der Waals surface area (Å²) >= 11 is 0. The third-order valence-electron chi connectivity index (χ3n) is 0.980. The van der Waals surface area contributed by atoms with E-state index in [0.29, 0.717) is 6.42 Å². The molecule has 0 aliphatic rings. The van der Waals surface area contributed by atoms with Gasteiger partial charge in [0.1, 0.15) is 0 Å². The summed E-state index contributed by atoms with van der Waals surface area (Å²) in [6, 6.07) is 0. The van der Waals surface area contributed by atoms with Crippen LogP contribution in [0.1, 0.15) is 13.3 Å². The number of aliphatic carboxylic acids is 1. The molecular formula is C8H10O3. The van der Waals surface area contributed by atoms with Crippen LogP contribution in [0.25, 0.3) is 0 Å². The lowest BCUT2D eigenvalue weighted by atomic mass is 10.3. The number of carbonyl (C=O) groups is 2. The maximum Gasteiger partial charge on any atom is 0.328 e. The number of allylic oxidation sites excluding steroid dienone is 3. The molecule has 0 aromatic rings. The normalized spacial score (nSPS) is 11.0. The average molecular weight is 154 g/mol. The largest absolute Gasteiger partial charge is 0.478 e. The molecule has 1 N–H and O–H groups in total. The van der Waals surface area contributed by atoms with Crippen LogP contribution in [0.5, 0.6) is 0 Å². The molecule has 0 spiro atoms. The number of hydrogen-bond donors (Lipinski definition) is 1. The molecule has 0 fully saturated rings. The minimum Gasteiger partial charge on any atom is -0.478 e. The Balaban J connectivity index is 3.77. The number of hydrogen-bond acceptors (Lipinski definition) is 2. The highest BCUT2D eigenvalue weighted by molar-refractivity contribution is 5.89. The monoisotopic (exact) mass is 154 g/mol. The van der Waals surface area contributed by atoms with Crippen LogP contribution in [-0.2, 0) is 9.59 Å². The second-order valence-corrected chi connectivity index (χ2v) is 1.88. The zero-order chi connectivity index (χ0) is 8.69. The van der Waals surface area contributed by atoms with E-state index in [2.05, 4.69) is 0 Å². The fraction of sp³-hybridized carbons (Fsp3) is 0.250. The summed E-state index contributed by atoms with van der Waals surface area (Å²) in [5, 5.41) is 8.13. The SMILES string of the molecule is CCC(=O)/C=C\C=C\C(=O)O. The Morgan fingerprint density at radius 2 is 1.82 bits per heavy atom. The zero-order valence-corrected chi connectivity index (χ0v) is 6.28. The molecular weight excluding hydrogens is 144 g/mol. The fourth-order valence-electron chi connectivity index (χ4n) is 0.419. The minimum absolute atomic E-state index is 0.0139. The van der Waals surface area contributed by atoms with Gasteiger partial charge in [-0.1, -0.05) is 19.1 Å². The van der Waals surface area contributed by atoms with E-state index in [0.717, 1.165) is 6.08 Å². The first kappa shape index (κ1) is 9.62. The van der Waals surface area contributed by atoms with Crippen molar-refractivity contribution in [1.82, 2.24) is 0 Å². The predicted molar refractivity (Wildman–Crippen MR) is 41.2 cm³/mol. The number of carboxylic acids is 1. The van der Waals surface area contributed by atoms with Crippen molar-refractivity contribution >= 4 is 11.8 Å². The first-order valence-electron chi connectivity index (χ1n) is 3.27.